The maximum absolute atomic E-state index is 10.4. The second-order valence-corrected chi connectivity index (χ2v) is 2.32. The summed E-state index contributed by atoms with van der Waals surface area (Å²) in [6.07, 6.45) is 2.15. The summed E-state index contributed by atoms with van der Waals surface area (Å²) in [5.41, 5.74) is 0.274. The third-order valence-corrected chi connectivity index (χ3v) is 1.40. The highest BCUT2D eigenvalue weighted by Gasteiger charge is 2.03. The van der Waals surface area contributed by atoms with Gasteiger partial charge in [-0.05, 0) is 12.8 Å². The molecule has 0 amide bonds. The monoisotopic (exact) mass is 172 g/mol. The maximum Gasteiger partial charge on any atom is 0.331 e. The zero-order valence-electron chi connectivity index (χ0n) is 6.91. The van der Waals surface area contributed by atoms with Gasteiger partial charge in [0.2, 0.25) is 0 Å². The Morgan fingerprint density at radius 3 is 2.25 bits per heavy atom. The van der Waals surface area contributed by atoms with Gasteiger partial charge < -0.3 is 10.2 Å². The van der Waals surface area contributed by atoms with E-state index in [-0.39, 0.29) is 18.4 Å². The number of hydrogen-bond acceptors (Lipinski definition) is 2. The standard InChI is InChI=1S/C8H12O4/c1-2-6(8(11)12)4-3-5-7(9)10/h4H,2-3,5H2,1H3,(H,9,10)(H,11,12). The Balaban J connectivity index is 3.95. The number of rotatable bonds is 5. The Kier molecular flexibility index (Phi) is 4.76. The van der Waals surface area contributed by atoms with Crippen LogP contribution in [0.4, 0.5) is 0 Å². The lowest BCUT2D eigenvalue weighted by Crippen LogP contribution is -2.00. The first-order chi connectivity index (χ1) is 5.57. The third kappa shape index (κ3) is 4.49. The molecule has 12 heavy (non-hydrogen) atoms. The summed E-state index contributed by atoms with van der Waals surface area (Å²) in [5, 5.41) is 16.8. The van der Waals surface area contributed by atoms with Crippen LogP contribution in [0.15, 0.2) is 11.6 Å². The van der Waals surface area contributed by atoms with Crippen LogP contribution >= 0.6 is 0 Å². The van der Waals surface area contributed by atoms with E-state index in [1.54, 1.807) is 6.92 Å². The minimum atomic E-state index is -0.970. The van der Waals surface area contributed by atoms with Crippen LogP contribution in [0.5, 0.6) is 0 Å². The summed E-state index contributed by atoms with van der Waals surface area (Å²) in [7, 11) is 0. The lowest BCUT2D eigenvalue weighted by Gasteiger charge is -1.95. The summed E-state index contributed by atoms with van der Waals surface area (Å²) in [5.74, 6) is -1.88. The first-order valence-electron chi connectivity index (χ1n) is 3.72. The van der Waals surface area contributed by atoms with Crippen LogP contribution in [0.25, 0.3) is 0 Å². The Bertz CT molecular complexity index is 205. The van der Waals surface area contributed by atoms with E-state index in [1.807, 2.05) is 0 Å². The fraction of sp³-hybridized carbons (Fsp3) is 0.500. The lowest BCUT2D eigenvalue weighted by molar-refractivity contribution is -0.137. The van der Waals surface area contributed by atoms with Crippen LogP contribution in [-0.2, 0) is 9.59 Å². The molecule has 0 radical (unpaired) electrons. The van der Waals surface area contributed by atoms with Gasteiger partial charge in [-0.2, -0.15) is 0 Å². The third-order valence-electron chi connectivity index (χ3n) is 1.40. The molecule has 0 saturated heterocycles. The molecule has 0 heterocycles. The van der Waals surface area contributed by atoms with E-state index in [0.29, 0.717) is 6.42 Å². The van der Waals surface area contributed by atoms with Crippen molar-refractivity contribution in [2.45, 2.75) is 26.2 Å². The summed E-state index contributed by atoms with van der Waals surface area (Å²) in [6, 6.07) is 0. The summed E-state index contributed by atoms with van der Waals surface area (Å²) in [4.78, 5) is 20.5. The minimum absolute atomic E-state index is 0.0171. The highest BCUT2D eigenvalue weighted by molar-refractivity contribution is 5.86. The van der Waals surface area contributed by atoms with Crippen LogP contribution in [-0.4, -0.2) is 22.2 Å². The van der Waals surface area contributed by atoms with E-state index >= 15 is 0 Å². The van der Waals surface area contributed by atoms with Crippen molar-refractivity contribution in [3.8, 4) is 0 Å². The molecule has 4 nitrogen and oxygen atoms in total. The molecule has 0 aromatic heterocycles. The summed E-state index contributed by atoms with van der Waals surface area (Å²) in [6.45, 7) is 1.72. The van der Waals surface area contributed by atoms with E-state index in [4.69, 9.17) is 10.2 Å². The zero-order chi connectivity index (χ0) is 9.56. The Morgan fingerprint density at radius 2 is 1.92 bits per heavy atom. The summed E-state index contributed by atoms with van der Waals surface area (Å²) < 4.78 is 0. The number of carbonyl (C=O) groups is 2. The van der Waals surface area contributed by atoms with Crippen molar-refractivity contribution >= 4 is 11.9 Å². The largest absolute Gasteiger partial charge is 0.481 e. The molecule has 0 aromatic carbocycles. The first-order valence-corrected chi connectivity index (χ1v) is 3.72. The van der Waals surface area contributed by atoms with Crippen molar-refractivity contribution in [1.82, 2.24) is 0 Å². The second-order valence-electron chi connectivity index (χ2n) is 2.32. The van der Waals surface area contributed by atoms with Gasteiger partial charge in [0.15, 0.2) is 0 Å². The normalized spacial score (nSPS) is 11.2. The number of carboxylic acids is 2. The Hall–Kier alpha value is -1.32. The fourth-order valence-electron chi connectivity index (χ4n) is 0.753. The molecule has 0 aliphatic heterocycles. The molecule has 0 fully saturated rings. The van der Waals surface area contributed by atoms with Crippen molar-refractivity contribution in [2.24, 2.45) is 0 Å². The van der Waals surface area contributed by atoms with Crippen molar-refractivity contribution in [3.05, 3.63) is 11.6 Å². The van der Waals surface area contributed by atoms with Crippen molar-refractivity contribution in [1.29, 1.82) is 0 Å². The molecular weight excluding hydrogens is 160 g/mol. The van der Waals surface area contributed by atoms with Gasteiger partial charge in [0.1, 0.15) is 0 Å². The molecule has 0 unspecified atom stereocenters. The predicted octanol–water partition coefficient (Wildman–Crippen LogP) is 1.27. The van der Waals surface area contributed by atoms with Gasteiger partial charge in [-0.1, -0.05) is 13.0 Å². The molecule has 68 valence electrons. The van der Waals surface area contributed by atoms with Crippen molar-refractivity contribution in [2.75, 3.05) is 0 Å². The molecule has 0 saturated carbocycles. The highest BCUT2D eigenvalue weighted by Crippen LogP contribution is 2.03. The molecule has 4 heteroatoms. The maximum atomic E-state index is 10.4. The molecule has 0 aromatic rings. The van der Waals surface area contributed by atoms with Crippen LogP contribution in [0.3, 0.4) is 0 Å². The molecule has 0 bridgehead atoms. The lowest BCUT2D eigenvalue weighted by atomic mass is 10.1. The fourth-order valence-corrected chi connectivity index (χ4v) is 0.753. The van der Waals surface area contributed by atoms with Gasteiger partial charge in [0.25, 0.3) is 0 Å². The average molecular weight is 172 g/mol. The van der Waals surface area contributed by atoms with E-state index in [9.17, 15) is 9.59 Å². The average Bonchev–Trinajstić information content (AvgIpc) is 1.96. The van der Waals surface area contributed by atoms with Gasteiger partial charge in [-0.25, -0.2) is 4.79 Å². The van der Waals surface area contributed by atoms with Gasteiger partial charge in [-0.3, -0.25) is 4.79 Å². The van der Waals surface area contributed by atoms with E-state index in [0.717, 1.165) is 0 Å². The first kappa shape index (κ1) is 10.7. The number of aliphatic carboxylic acids is 2. The van der Waals surface area contributed by atoms with Gasteiger partial charge in [0.05, 0.1) is 0 Å². The van der Waals surface area contributed by atoms with Gasteiger partial charge >= 0.3 is 11.9 Å². The Labute approximate surface area is 70.5 Å². The quantitative estimate of drug-likeness (QED) is 0.612. The van der Waals surface area contributed by atoms with E-state index in [1.165, 1.54) is 6.08 Å². The smallest absolute Gasteiger partial charge is 0.331 e. The molecule has 0 aliphatic rings. The van der Waals surface area contributed by atoms with Gasteiger partial charge in [-0.15, -0.1) is 0 Å². The van der Waals surface area contributed by atoms with Gasteiger partial charge in [0, 0.05) is 12.0 Å². The molecule has 0 aliphatic carbocycles. The summed E-state index contributed by atoms with van der Waals surface area (Å²) >= 11 is 0. The van der Waals surface area contributed by atoms with E-state index in [2.05, 4.69) is 0 Å². The minimum Gasteiger partial charge on any atom is -0.481 e. The van der Waals surface area contributed by atoms with Crippen LogP contribution in [0.2, 0.25) is 0 Å². The SMILES string of the molecule is CCC(=CCCC(=O)O)C(=O)O. The molecule has 0 atom stereocenters. The topological polar surface area (TPSA) is 74.6 Å². The number of carboxylic acid groups (broad SMARTS) is 2. The van der Waals surface area contributed by atoms with Crippen LogP contribution in [0.1, 0.15) is 26.2 Å². The molecular formula is C8H12O4. The molecule has 0 rings (SSSR count). The number of hydrogen-bond donors (Lipinski definition) is 2. The van der Waals surface area contributed by atoms with E-state index < -0.39 is 11.9 Å². The Morgan fingerprint density at radius 1 is 1.33 bits per heavy atom. The zero-order valence-corrected chi connectivity index (χ0v) is 6.91. The second kappa shape index (κ2) is 5.35. The predicted molar refractivity (Wildman–Crippen MR) is 42.9 cm³/mol. The van der Waals surface area contributed by atoms with Crippen LogP contribution in [0, 0.1) is 0 Å². The highest BCUT2D eigenvalue weighted by atomic mass is 16.4. The van der Waals surface area contributed by atoms with Crippen molar-refractivity contribution < 1.29 is 19.8 Å². The number of allylic oxidation sites excluding steroid dienone is 1. The van der Waals surface area contributed by atoms with Crippen LogP contribution < -0.4 is 0 Å². The van der Waals surface area contributed by atoms with Crippen molar-refractivity contribution in [3.63, 3.8) is 0 Å². The molecule has 2 N–H and O–H groups in total. The molecule has 0 spiro atoms.